The molecule has 0 spiro atoms. The predicted octanol–water partition coefficient (Wildman–Crippen LogP) is -1.88. The number of aliphatic imine (C=N–C) groups is 1. The molecule has 11 amide bonds. The molecule has 1 aliphatic heterocycles. The number of aromatic hydroxyl groups is 1. The van der Waals surface area contributed by atoms with Gasteiger partial charge in [0.15, 0.2) is 5.96 Å². The second kappa shape index (κ2) is 33.6. The Morgan fingerprint density at radius 3 is 1.88 bits per heavy atom. The van der Waals surface area contributed by atoms with Crippen LogP contribution in [0.25, 0.3) is 0 Å². The van der Waals surface area contributed by atoms with Crippen molar-refractivity contribution in [2.75, 3.05) is 46.8 Å². The number of guanidine groups is 1. The first-order valence-corrected chi connectivity index (χ1v) is 26.8. The lowest BCUT2D eigenvalue weighted by Crippen LogP contribution is -2.62. The summed E-state index contributed by atoms with van der Waals surface area (Å²) in [6, 6.07) is -2.55. The largest absolute Gasteiger partial charge is 0.508 e. The van der Waals surface area contributed by atoms with Gasteiger partial charge in [0.1, 0.15) is 48.0 Å². The highest BCUT2D eigenvalue weighted by Crippen LogP contribution is 2.22. The first kappa shape index (κ1) is 66.6. The van der Waals surface area contributed by atoms with Crippen LogP contribution in [0.15, 0.2) is 29.3 Å². The average molecular weight is 1100 g/mol. The number of nitrogens with two attached hydrogens (primary N) is 3. The molecule has 2 rings (SSSR count). The normalized spacial score (nSPS) is 16.0. The summed E-state index contributed by atoms with van der Waals surface area (Å²) in [5.74, 6) is -8.55. The highest BCUT2D eigenvalue weighted by molar-refractivity contribution is 5.98. The molecule has 9 atom stereocenters. The summed E-state index contributed by atoms with van der Waals surface area (Å²) in [5, 5.41) is 28.8. The lowest BCUT2D eigenvalue weighted by molar-refractivity contribution is -0.144. The van der Waals surface area contributed by atoms with Crippen molar-refractivity contribution in [2.45, 2.75) is 161 Å². The number of rotatable bonds is 33. The molecule has 0 radical (unpaired) electrons. The van der Waals surface area contributed by atoms with Crippen molar-refractivity contribution in [3.8, 4) is 5.75 Å². The van der Waals surface area contributed by atoms with Gasteiger partial charge in [0.25, 0.3) is 0 Å². The quantitative estimate of drug-likeness (QED) is 0.0209. The van der Waals surface area contributed by atoms with Crippen LogP contribution >= 0.6 is 0 Å². The Bertz CT molecular complexity index is 2260. The molecule has 1 aliphatic rings. The lowest BCUT2D eigenvalue weighted by atomic mass is 9.95. The van der Waals surface area contributed by atoms with Crippen molar-refractivity contribution in [1.82, 2.24) is 51.9 Å². The molecule has 1 saturated heterocycles. The smallest absolute Gasteiger partial charge is 0.245 e. The monoisotopic (exact) mass is 1100 g/mol. The van der Waals surface area contributed by atoms with Crippen LogP contribution in [0, 0.1) is 11.8 Å². The van der Waals surface area contributed by atoms with E-state index in [1.54, 1.807) is 46.8 Å². The predicted molar refractivity (Wildman–Crippen MR) is 290 cm³/mol. The fourth-order valence-electron chi connectivity index (χ4n) is 8.53. The molecule has 14 N–H and O–H groups in total. The van der Waals surface area contributed by atoms with Gasteiger partial charge < -0.3 is 74.2 Å². The zero-order chi connectivity index (χ0) is 58.8. The van der Waals surface area contributed by atoms with Crippen molar-refractivity contribution < 1.29 is 57.8 Å². The van der Waals surface area contributed by atoms with E-state index in [9.17, 15) is 57.8 Å². The summed E-state index contributed by atoms with van der Waals surface area (Å²) in [6.45, 7) is 11.7. The summed E-state index contributed by atoms with van der Waals surface area (Å²) in [6.07, 6.45) is 1.83. The van der Waals surface area contributed by atoms with Gasteiger partial charge in [0.2, 0.25) is 65.0 Å². The number of amides is 11. The minimum absolute atomic E-state index is 0.0644. The standard InChI is InChI=1S/C52H86N14O12/c1-10-16-35(45(72)62-43(30(5)11-2)49(76)61-37(17-14-25-57-52(54)55)50(77)66-26-15-18-38(66)47(74)56-13-4)60-48(75)39(27-33-19-21-34(68)22-20-33)65(9)51(78)44(31(6)12-3)63-46(73)36(23-24-40(53)69)59-41(70)28-58-42(71)29-64(8)32(7)67/h19-22,30-31,35-39,43-44,68H,10-18,23-29H2,1-9H3,(H2,53,69)(H,56,74)(H,58,71)(H,59,70)(H,60,75)(H,61,76)(H,62,72)(H,63,73)(H4,54,55,57)/t30?,31?,35-,36-,37-,38-,39-,43+,44+/m0/s1. The number of phenols is 1. The maximum Gasteiger partial charge on any atom is 0.245 e. The summed E-state index contributed by atoms with van der Waals surface area (Å²) in [5.41, 5.74) is 17.0. The number of nitrogens with zero attached hydrogens (tertiary/aromatic N) is 4. The molecule has 0 aliphatic carbocycles. The number of benzene rings is 1. The van der Waals surface area contributed by atoms with Crippen LogP contribution in [0.3, 0.4) is 0 Å². The van der Waals surface area contributed by atoms with Crippen LogP contribution in [0.2, 0.25) is 0 Å². The molecule has 0 bridgehead atoms. The van der Waals surface area contributed by atoms with Crippen LogP contribution < -0.4 is 54.4 Å². The van der Waals surface area contributed by atoms with Gasteiger partial charge >= 0.3 is 0 Å². The molecular weight excluding hydrogens is 1010 g/mol. The van der Waals surface area contributed by atoms with Gasteiger partial charge in [-0.25, -0.2) is 0 Å². The molecule has 1 aromatic rings. The molecular formula is C52H86N14O12. The van der Waals surface area contributed by atoms with Gasteiger partial charge in [0, 0.05) is 53.5 Å². The van der Waals surface area contributed by atoms with Crippen LogP contribution in [-0.4, -0.2) is 180 Å². The van der Waals surface area contributed by atoms with Gasteiger partial charge in [0.05, 0.1) is 13.1 Å². The number of likely N-dealkylation sites (tertiary alicyclic amines) is 1. The van der Waals surface area contributed by atoms with E-state index in [0.717, 1.165) is 9.80 Å². The molecule has 26 heteroatoms. The number of hydrogen-bond acceptors (Lipinski definition) is 13. The first-order chi connectivity index (χ1) is 36.8. The fourth-order valence-corrected chi connectivity index (χ4v) is 8.53. The number of phenolic OH excluding ortho intramolecular Hbond substituents is 1. The van der Waals surface area contributed by atoms with E-state index in [-0.39, 0.29) is 75.1 Å². The minimum atomic E-state index is -1.42. The highest BCUT2D eigenvalue weighted by Gasteiger charge is 2.41. The Labute approximate surface area is 457 Å². The molecule has 78 heavy (non-hydrogen) atoms. The van der Waals surface area contributed by atoms with E-state index in [4.69, 9.17) is 17.2 Å². The molecule has 2 unspecified atom stereocenters. The maximum absolute atomic E-state index is 14.7. The molecule has 0 aromatic heterocycles. The second-order valence-electron chi connectivity index (χ2n) is 19.8. The molecule has 436 valence electrons. The van der Waals surface area contributed by atoms with E-state index >= 15 is 0 Å². The zero-order valence-corrected chi connectivity index (χ0v) is 46.8. The summed E-state index contributed by atoms with van der Waals surface area (Å²) >= 11 is 0. The number of primary amides is 1. The van der Waals surface area contributed by atoms with Gasteiger partial charge in [-0.15, -0.1) is 0 Å². The van der Waals surface area contributed by atoms with E-state index in [1.165, 1.54) is 38.1 Å². The van der Waals surface area contributed by atoms with Crippen molar-refractivity contribution in [2.24, 2.45) is 34.0 Å². The third-order valence-electron chi connectivity index (χ3n) is 13.7. The molecule has 1 aromatic carbocycles. The Morgan fingerprint density at radius 2 is 1.32 bits per heavy atom. The van der Waals surface area contributed by atoms with Crippen LogP contribution in [0.4, 0.5) is 0 Å². The van der Waals surface area contributed by atoms with E-state index in [2.05, 4.69) is 42.2 Å². The number of hydrogen-bond donors (Lipinski definition) is 11. The summed E-state index contributed by atoms with van der Waals surface area (Å²) < 4.78 is 0. The number of nitrogens with one attached hydrogen (secondary N) is 7. The summed E-state index contributed by atoms with van der Waals surface area (Å²) in [7, 11) is 2.74. The van der Waals surface area contributed by atoms with Gasteiger partial charge in [-0.3, -0.25) is 57.7 Å². The van der Waals surface area contributed by atoms with Crippen LogP contribution in [0.1, 0.15) is 118 Å². The Balaban J connectivity index is 2.50. The van der Waals surface area contributed by atoms with Crippen molar-refractivity contribution in [3.63, 3.8) is 0 Å². The Kier molecular flexibility index (Phi) is 28.7. The van der Waals surface area contributed by atoms with E-state index in [1.807, 2.05) is 6.92 Å². The third kappa shape index (κ3) is 21.8. The topological polar surface area (TPSA) is 392 Å². The van der Waals surface area contributed by atoms with Crippen molar-refractivity contribution >= 4 is 70.9 Å². The highest BCUT2D eigenvalue weighted by atomic mass is 16.3. The van der Waals surface area contributed by atoms with Gasteiger partial charge in [-0.2, -0.15) is 0 Å². The number of carbonyl (C=O) groups is 11. The van der Waals surface area contributed by atoms with Crippen LogP contribution in [0.5, 0.6) is 5.75 Å². The molecule has 0 saturated carbocycles. The third-order valence-corrected chi connectivity index (χ3v) is 13.7. The van der Waals surface area contributed by atoms with Crippen molar-refractivity contribution in [1.29, 1.82) is 0 Å². The summed E-state index contributed by atoms with van der Waals surface area (Å²) in [4.78, 5) is 156. The molecule has 1 fully saturated rings. The van der Waals surface area contributed by atoms with Crippen LogP contribution in [-0.2, 0) is 59.2 Å². The fraction of sp³-hybridized carbons (Fsp3) is 0.654. The zero-order valence-electron chi connectivity index (χ0n) is 46.8. The minimum Gasteiger partial charge on any atom is -0.508 e. The number of likely N-dealkylation sites (N-methyl/N-ethyl adjacent to an activating group) is 3. The first-order valence-electron chi connectivity index (χ1n) is 26.8. The maximum atomic E-state index is 14.7. The SMILES string of the molecule is CCC[C@H](NC(=O)[C@H](Cc1ccc(O)cc1)N(C)C(=O)[C@H](NC(=O)[C@H](CCC(N)=O)NC(=O)CNC(=O)CN(C)C(C)=O)C(C)CC)C(=O)N[C@@H](C(=O)N[C@@H](CCCN=C(N)N)C(=O)N1CCC[C@H]1C(=O)NCC)C(C)CC. The van der Waals surface area contributed by atoms with Gasteiger partial charge in [-0.1, -0.05) is 66.0 Å². The average Bonchev–Trinajstić information content (AvgIpc) is 3.89. The molecule has 26 nitrogen and oxygen atoms in total. The second-order valence-corrected chi connectivity index (χ2v) is 19.8. The molecule has 1 heterocycles. The Hall–Kier alpha value is -7.54. The van der Waals surface area contributed by atoms with E-state index in [0.29, 0.717) is 50.8 Å². The number of carbonyl (C=O) groups excluding carboxylic acids is 11. The van der Waals surface area contributed by atoms with E-state index < -0.39 is 114 Å². The van der Waals surface area contributed by atoms with Crippen molar-refractivity contribution in [3.05, 3.63) is 29.8 Å². The lowest BCUT2D eigenvalue weighted by Gasteiger charge is -2.34. The van der Waals surface area contributed by atoms with Gasteiger partial charge in [-0.05, 0) is 75.0 Å². The Morgan fingerprint density at radius 1 is 0.731 bits per heavy atom.